The molecule has 3 N–H and O–H groups in total. The van der Waals surface area contributed by atoms with Crippen molar-refractivity contribution in [3.63, 3.8) is 0 Å². The number of alkyl halides is 3. The number of aromatic nitrogens is 2. The van der Waals surface area contributed by atoms with Crippen LogP contribution in [0.3, 0.4) is 0 Å². The number of halogens is 3. The maximum absolute atomic E-state index is 12.8. The summed E-state index contributed by atoms with van der Waals surface area (Å²) in [5, 5.41) is 9.82. The van der Waals surface area contributed by atoms with Gasteiger partial charge in [-0.3, -0.25) is 4.79 Å². The van der Waals surface area contributed by atoms with E-state index >= 15 is 0 Å². The lowest BCUT2D eigenvalue weighted by atomic mass is 10.1. The van der Waals surface area contributed by atoms with Crippen molar-refractivity contribution in [1.29, 1.82) is 0 Å². The van der Waals surface area contributed by atoms with Crippen LogP contribution in [0.1, 0.15) is 65.7 Å². The predicted molar refractivity (Wildman–Crippen MR) is 96.4 cm³/mol. The van der Waals surface area contributed by atoms with Crippen LogP contribution in [0, 0.1) is 11.8 Å². The quantitative estimate of drug-likeness (QED) is 0.786. The third kappa shape index (κ3) is 4.54. The number of benzene rings is 1. The smallest absolute Gasteiger partial charge is 0.378 e. The van der Waals surface area contributed by atoms with Crippen LogP contribution in [-0.2, 0) is 12.7 Å². The van der Waals surface area contributed by atoms with Gasteiger partial charge in [0.1, 0.15) is 22.8 Å². The van der Waals surface area contributed by atoms with E-state index in [0.717, 1.165) is 25.0 Å². The summed E-state index contributed by atoms with van der Waals surface area (Å²) in [5.74, 6) is 5.39. The number of carbonyl (C=O) groups is 1. The summed E-state index contributed by atoms with van der Waals surface area (Å²) in [6.45, 7) is 3.16. The molecule has 2 aromatic rings. The van der Waals surface area contributed by atoms with Gasteiger partial charge in [0.15, 0.2) is 0 Å². The van der Waals surface area contributed by atoms with Crippen LogP contribution >= 0.6 is 0 Å². The number of rotatable bonds is 4. The van der Waals surface area contributed by atoms with Crippen LogP contribution in [0.25, 0.3) is 0 Å². The van der Waals surface area contributed by atoms with Crippen LogP contribution < -0.4 is 5.73 Å². The molecule has 28 heavy (non-hydrogen) atoms. The second-order valence-corrected chi connectivity index (χ2v) is 7.40. The first-order valence-corrected chi connectivity index (χ1v) is 8.77. The van der Waals surface area contributed by atoms with Gasteiger partial charge in [0.2, 0.25) is 0 Å². The number of carbonyl (C=O) groups excluding carboxylic acids is 1. The SMILES string of the molecule is CC(C)(O)C#Cc1nc(C2CC2)n(Cc2ccc(C(F)(F)F)cc2)c1C(N)=O. The highest BCUT2D eigenvalue weighted by atomic mass is 19.4. The second-order valence-electron chi connectivity index (χ2n) is 7.40. The van der Waals surface area contributed by atoms with Crippen LogP contribution in [0.15, 0.2) is 24.3 Å². The lowest BCUT2D eigenvalue weighted by Gasteiger charge is -2.12. The molecular formula is C20H20F3N3O2. The fourth-order valence-corrected chi connectivity index (χ4v) is 2.81. The van der Waals surface area contributed by atoms with Gasteiger partial charge in [-0.2, -0.15) is 13.2 Å². The van der Waals surface area contributed by atoms with E-state index in [-0.39, 0.29) is 23.9 Å². The Hall–Kier alpha value is -2.79. The first kappa shape index (κ1) is 20.0. The van der Waals surface area contributed by atoms with Gasteiger partial charge in [0, 0.05) is 12.5 Å². The number of nitrogens with zero attached hydrogens (tertiary/aromatic N) is 2. The maximum Gasteiger partial charge on any atom is 0.416 e. The van der Waals surface area contributed by atoms with Crippen LogP contribution in [0.5, 0.6) is 0 Å². The number of hydrogen-bond donors (Lipinski definition) is 2. The van der Waals surface area contributed by atoms with Crippen LogP contribution in [0.4, 0.5) is 13.2 Å². The standard InChI is InChI=1S/C20H20F3N3O2/c1-19(2,28)10-9-15-16(17(24)27)26(18(25-15)13-5-6-13)11-12-3-7-14(8-4-12)20(21,22)23/h3-4,7-8,13,28H,5-6,11H2,1-2H3,(H2,24,27). The third-order valence-corrected chi connectivity index (χ3v) is 4.28. The summed E-state index contributed by atoms with van der Waals surface area (Å²) in [6.07, 6.45) is -2.61. The highest BCUT2D eigenvalue weighted by Gasteiger charge is 2.33. The average Bonchev–Trinajstić information content (AvgIpc) is 3.34. The molecule has 1 heterocycles. The number of hydrogen-bond acceptors (Lipinski definition) is 3. The Morgan fingerprint density at radius 2 is 1.89 bits per heavy atom. The molecule has 0 radical (unpaired) electrons. The molecule has 0 spiro atoms. The molecular weight excluding hydrogens is 371 g/mol. The number of primary amides is 1. The van der Waals surface area contributed by atoms with Crippen molar-refractivity contribution in [3.8, 4) is 11.8 Å². The molecule has 3 rings (SSSR count). The molecule has 0 atom stereocenters. The number of amides is 1. The van der Waals surface area contributed by atoms with Crippen molar-refractivity contribution in [3.05, 3.63) is 52.6 Å². The molecule has 0 saturated heterocycles. The van der Waals surface area contributed by atoms with Gasteiger partial charge >= 0.3 is 6.18 Å². The maximum atomic E-state index is 12.8. The van der Waals surface area contributed by atoms with Gasteiger partial charge in [-0.05, 0) is 50.3 Å². The normalized spacial score (nSPS) is 14.5. The van der Waals surface area contributed by atoms with Crippen molar-refractivity contribution >= 4 is 5.91 Å². The Labute approximate surface area is 160 Å². The van der Waals surface area contributed by atoms with Gasteiger partial charge in [-0.15, -0.1) is 0 Å². The summed E-state index contributed by atoms with van der Waals surface area (Å²) < 4.78 is 39.9. The molecule has 1 aromatic carbocycles. The molecule has 1 aliphatic carbocycles. The lowest BCUT2D eigenvalue weighted by Crippen LogP contribution is -2.20. The van der Waals surface area contributed by atoms with E-state index in [1.165, 1.54) is 26.0 Å². The van der Waals surface area contributed by atoms with E-state index in [0.29, 0.717) is 11.4 Å². The molecule has 1 amide bonds. The second kappa shape index (κ2) is 6.99. The summed E-state index contributed by atoms with van der Waals surface area (Å²) in [7, 11) is 0. The lowest BCUT2D eigenvalue weighted by molar-refractivity contribution is -0.137. The summed E-state index contributed by atoms with van der Waals surface area (Å²) in [4.78, 5) is 16.5. The molecule has 5 nitrogen and oxygen atoms in total. The zero-order valence-electron chi connectivity index (χ0n) is 15.5. The third-order valence-electron chi connectivity index (χ3n) is 4.28. The number of nitrogens with two attached hydrogens (primary N) is 1. The van der Waals surface area contributed by atoms with Gasteiger partial charge in [0.05, 0.1) is 5.56 Å². The van der Waals surface area contributed by atoms with E-state index in [4.69, 9.17) is 5.73 Å². The molecule has 1 saturated carbocycles. The van der Waals surface area contributed by atoms with Crippen molar-refractivity contribution in [2.75, 3.05) is 0 Å². The van der Waals surface area contributed by atoms with E-state index < -0.39 is 23.2 Å². The zero-order valence-corrected chi connectivity index (χ0v) is 15.5. The Bertz CT molecular complexity index is 954. The highest BCUT2D eigenvalue weighted by molar-refractivity contribution is 5.93. The fourth-order valence-electron chi connectivity index (χ4n) is 2.81. The van der Waals surface area contributed by atoms with Gasteiger partial charge in [-0.25, -0.2) is 4.98 Å². The summed E-state index contributed by atoms with van der Waals surface area (Å²) in [5.41, 5.74) is 4.38. The Balaban J connectivity index is 2.02. The first-order valence-electron chi connectivity index (χ1n) is 8.77. The van der Waals surface area contributed by atoms with Crippen molar-refractivity contribution in [2.45, 2.75) is 50.9 Å². The van der Waals surface area contributed by atoms with Crippen molar-refractivity contribution in [2.24, 2.45) is 5.73 Å². The largest absolute Gasteiger partial charge is 0.416 e. The molecule has 0 unspecified atom stereocenters. The van der Waals surface area contributed by atoms with E-state index in [1.54, 1.807) is 4.57 Å². The summed E-state index contributed by atoms with van der Waals surface area (Å²) in [6, 6.07) is 4.74. The fraction of sp³-hybridized carbons (Fsp3) is 0.400. The topological polar surface area (TPSA) is 81.1 Å². The number of imidazole rings is 1. The highest BCUT2D eigenvalue weighted by Crippen LogP contribution is 2.40. The van der Waals surface area contributed by atoms with Gasteiger partial charge in [-0.1, -0.05) is 18.1 Å². The molecule has 148 valence electrons. The Kier molecular flexibility index (Phi) is 4.98. The molecule has 1 aliphatic rings. The van der Waals surface area contributed by atoms with Gasteiger partial charge in [0.25, 0.3) is 5.91 Å². The molecule has 0 aliphatic heterocycles. The molecule has 1 fully saturated rings. The van der Waals surface area contributed by atoms with E-state index in [1.807, 2.05) is 0 Å². The monoisotopic (exact) mass is 391 g/mol. The minimum atomic E-state index is -4.41. The molecule has 8 heteroatoms. The van der Waals surface area contributed by atoms with Gasteiger partial charge < -0.3 is 15.4 Å². The van der Waals surface area contributed by atoms with Crippen LogP contribution in [-0.4, -0.2) is 26.2 Å². The minimum Gasteiger partial charge on any atom is -0.378 e. The van der Waals surface area contributed by atoms with E-state index in [9.17, 15) is 23.1 Å². The number of aliphatic hydroxyl groups is 1. The first-order chi connectivity index (χ1) is 13.0. The van der Waals surface area contributed by atoms with E-state index in [2.05, 4.69) is 16.8 Å². The zero-order chi connectivity index (χ0) is 20.7. The molecule has 0 bridgehead atoms. The predicted octanol–water partition coefficient (Wildman–Crippen LogP) is 3.05. The average molecular weight is 391 g/mol. The minimum absolute atomic E-state index is 0.0959. The van der Waals surface area contributed by atoms with Crippen molar-refractivity contribution < 1.29 is 23.1 Å². The Morgan fingerprint density at radius 3 is 2.36 bits per heavy atom. The molecule has 1 aromatic heterocycles. The summed E-state index contributed by atoms with van der Waals surface area (Å²) >= 11 is 0. The van der Waals surface area contributed by atoms with Crippen molar-refractivity contribution in [1.82, 2.24) is 9.55 Å². The van der Waals surface area contributed by atoms with Crippen LogP contribution in [0.2, 0.25) is 0 Å². The Morgan fingerprint density at radius 1 is 1.29 bits per heavy atom.